The molecule has 0 saturated heterocycles. The summed E-state index contributed by atoms with van der Waals surface area (Å²) in [6.07, 6.45) is 0. The van der Waals surface area contributed by atoms with Crippen LogP contribution in [0.3, 0.4) is 0 Å². The van der Waals surface area contributed by atoms with E-state index in [4.69, 9.17) is 0 Å². The number of rotatable bonds is 3. The van der Waals surface area contributed by atoms with E-state index in [1.54, 1.807) is 20.0 Å². The molecule has 0 aromatic heterocycles. The lowest BCUT2D eigenvalue weighted by Gasteiger charge is -2.04. The van der Waals surface area contributed by atoms with Gasteiger partial charge in [-0.2, -0.15) is 0 Å². The second-order valence-corrected chi connectivity index (χ2v) is 3.90. The van der Waals surface area contributed by atoms with Crippen LogP contribution in [-0.2, 0) is 0 Å². The van der Waals surface area contributed by atoms with Crippen LogP contribution in [0.2, 0.25) is 0 Å². The fraction of sp³-hybridized carbons (Fsp3) is 0.300. The number of halogens is 2. The minimum Gasteiger partial charge on any atom is -0.313 e. The Kier molecular flexibility index (Phi) is 3.77. The summed E-state index contributed by atoms with van der Waals surface area (Å²) < 4.78 is 13.5. The van der Waals surface area contributed by atoms with Gasteiger partial charge >= 0.3 is 0 Å². The quantitative estimate of drug-likeness (QED) is 0.845. The Morgan fingerprint density at radius 1 is 1.57 bits per heavy atom. The van der Waals surface area contributed by atoms with Crippen molar-refractivity contribution in [1.29, 1.82) is 0 Å². The Balaban J connectivity index is 3.06. The summed E-state index contributed by atoms with van der Waals surface area (Å²) in [4.78, 5) is 11.5. The first kappa shape index (κ1) is 11.3. The van der Waals surface area contributed by atoms with Crippen molar-refractivity contribution in [3.05, 3.63) is 33.5 Å². The lowest BCUT2D eigenvalue weighted by molar-refractivity contribution is 0.0993. The molecule has 1 rings (SSSR count). The van der Waals surface area contributed by atoms with E-state index in [2.05, 4.69) is 21.2 Å². The predicted octanol–water partition coefficient (Wildman–Crippen LogP) is 2.30. The first-order valence-electron chi connectivity index (χ1n) is 4.19. The van der Waals surface area contributed by atoms with Crippen molar-refractivity contribution in [3.8, 4) is 0 Å². The van der Waals surface area contributed by atoms with E-state index in [0.29, 0.717) is 15.6 Å². The van der Waals surface area contributed by atoms with Gasteiger partial charge in [-0.25, -0.2) is 4.39 Å². The topological polar surface area (TPSA) is 29.1 Å². The van der Waals surface area contributed by atoms with Gasteiger partial charge in [0, 0.05) is 5.56 Å². The summed E-state index contributed by atoms with van der Waals surface area (Å²) in [7, 11) is 1.70. The van der Waals surface area contributed by atoms with Gasteiger partial charge in [-0.3, -0.25) is 4.79 Å². The van der Waals surface area contributed by atoms with Crippen LogP contribution >= 0.6 is 15.9 Å². The highest BCUT2D eigenvalue weighted by Gasteiger charge is 2.10. The summed E-state index contributed by atoms with van der Waals surface area (Å²) in [6.45, 7) is 1.90. The van der Waals surface area contributed by atoms with E-state index in [1.165, 1.54) is 6.07 Å². The molecule has 0 heterocycles. The van der Waals surface area contributed by atoms with E-state index in [1.807, 2.05) is 0 Å². The highest BCUT2D eigenvalue weighted by molar-refractivity contribution is 9.10. The molecular weight excluding hydrogens is 249 g/mol. The second-order valence-electron chi connectivity index (χ2n) is 3.04. The van der Waals surface area contributed by atoms with Crippen molar-refractivity contribution in [2.75, 3.05) is 13.6 Å². The third-order valence-electron chi connectivity index (χ3n) is 1.87. The molecule has 0 saturated carbocycles. The van der Waals surface area contributed by atoms with Crippen molar-refractivity contribution in [2.45, 2.75) is 6.92 Å². The first-order valence-corrected chi connectivity index (χ1v) is 4.99. The first-order chi connectivity index (χ1) is 6.56. The Hall–Kier alpha value is -0.740. The summed E-state index contributed by atoms with van der Waals surface area (Å²) in [6, 6.07) is 3.06. The molecule has 0 atom stereocenters. The number of hydrogen-bond acceptors (Lipinski definition) is 2. The van der Waals surface area contributed by atoms with Gasteiger partial charge in [0.2, 0.25) is 0 Å². The van der Waals surface area contributed by atoms with E-state index in [-0.39, 0.29) is 18.1 Å². The summed E-state index contributed by atoms with van der Waals surface area (Å²) in [5, 5.41) is 2.76. The van der Waals surface area contributed by atoms with E-state index >= 15 is 0 Å². The van der Waals surface area contributed by atoms with Gasteiger partial charge < -0.3 is 5.32 Å². The fourth-order valence-electron chi connectivity index (χ4n) is 1.15. The van der Waals surface area contributed by atoms with Crippen LogP contribution in [0.15, 0.2) is 16.6 Å². The number of carbonyl (C=O) groups excluding carboxylic acids is 1. The molecule has 1 aromatic rings. The molecule has 14 heavy (non-hydrogen) atoms. The average Bonchev–Trinajstić information content (AvgIpc) is 2.13. The minimum absolute atomic E-state index is 0.0451. The number of Topliss-reactive ketones (excluding diaryl/α,β-unsaturated/α-hetero) is 1. The molecule has 0 unspecified atom stereocenters. The van der Waals surface area contributed by atoms with Crippen LogP contribution in [0.25, 0.3) is 0 Å². The lowest BCUT2D eigenvalue weighted by Crippen LogP contribution is -2.18. The zero-order valence-corrected chi connectivity index (χ0v) is 9.61. The van der Waals surface area contributed by atoms with Crippen LogP contribution in [0.1, 0.15) is 15.9 Å². The number of nitrogens with one attached hydrogen (secondary N) is 1. The van der Waals surface area contributed by atoms with Crippen molar-refractivity contribution in [2.24, 2.45) is 0 Å². The zero-order valence-electron chi connectivity index (χ0n) is 8.03. The van der Waals surface area contributed by atoms with Crippen LogP contribution in [0.5, 0.6) is 0 Å². The molecule has 0 spiro atoms. The third-order valence-corrected chi connectivity index (χ3v) is 2.45. The number of benzene rings is 1. The van der Waals surface area contributed by atoms with Crippen molar-refractivity contribution < 1.29 is 9.18 Å². The van der Waals surface area contributed by atoms with Crippen LogP contribution in [-0.4, -0.2) is 19.4 Å². The monoisotopic (exact) mass is 259 g/mol. The standard InChI is InChI=1S/C10H11BrFNO/c1-6-3-7(9(14)5-13-2)4-8(11)10(6)12/h3-4,13H,5H2,1-2H3. The molecule has 4 heteroatoms. The van der Waals surface area contributed by atoms with E-state index < -0.39 is 0 Å². The highest BCUT2D eigenvalue weighted by Crippen LogP contribution is 2.20. The van der Waals surface area contributed by atoms with E-state index in [9.17, 15) is 9.18 Å². The zero-order chi connectivity index (χ0) is 10.7. The molecule has 1 aromatic carbocycles. The summed E-state index contributed by atoms with van der Waals surface area (Å²) in [5.74, 6) is -0.359. The molecule has 1 N–H and O–H groups in total. The molecule has 0 bridgehead atoms. The van der Waals surface area contributed by atoms with Gasteiger partial charge in [-0.15, -0.1) is 0 Å². The van der Waals surface area contributed by atoms with Gasteiger partial charge in [-0.1, -0.05) is 0 Å². The second kappa shape index (κ2) is 4.66. The Morgan fingerprint density at radius 2 is 2.21 bits per heavy atom. The third kappa shape index (κ3) is 2.39. The predicted molar refractivity (Wildman–Crippen MR) is 57.1 cm³/mol. The molecule has 0 aliphatic heterocycles. The van der Waals surface area contributed by atoms with Gasteiger partial charge in [0.1, 0.15) is 5.82 Å². The number of ketones is 1. The molecule has 0 fully saturated rings. The maximum atomic E-state index is 13.2. The summed E-state index contributed by atoms with van der Waals surface area (Å²) in [5.41, 5.74) is 0.990. The molecule has 0 amide bonds. The molecule has 0 aliphatic rings. The Labute approximate surface area is 90.6 Å². The largest absolute Gasteiger partial charge is 0.313 e. The van der Waals surface area contributed by atoms with E-state index in [0.717, 1.165) is 0 Å². The Morgan fingerprint density at radius 3 is 2.71 bits per heavy atom. The SMILES string of the molecule is CNCC(=O)c1cc(C)c(F)c(Br)c1. The molecule has 2 nitrogen and oxygen atoms in total. The van der Waals surface area contributed by atoms with Crippen molar-refractivity contribution >= 4 is 21.7 Å². The van der Waals surface area contributed by atoms with Crippen LogP contribution < -0.4 is 5.32 Å². The number of likely N-dealkylation sites (N-methyl/N-ethyl adjacent to an activating group) is 1. The minimum atomic E-state index is -0.314. The average molecular weight is 260 g/mol. The molecule has 0 radical (unpaired) electrons. The van der Waals surface area contributed by atoms with Gasteiger partial charge in [-0.05, 0) is 47.6 Å². The number of aryl methyl sites for hydroxylation is 1. The Bertz CT molecular complexity index is 342. The van der Waals surface area contributed by atoms with Gasteiger partial charge in [0.05, 0.1) is 11.0 Å². The van der Waals surface area contributed by atoms with Crippen molar-refractivity contribution in [1.82, 2.24) is 5.32 Å². The fourth-order valence-corrected chi connectivity index (χ4v) is 1.71. The molecule has 76 valence electrons. The van der Waals surface area contributed by atoms with Crippen LogP contribution in [0, 0.1) is 12.7 Å². The molecule has 0 aliphatic carbocycles. The van der Waals surface area contributed by atoms with Gasteiger partial charge in [0.15, 0.2) is 5.78 Å². The summed E-state index contributed by atoms with van der Waals surface area (Å²) >= 11 is 3.07. The number of carbonyl (C=O) groups is 1. The highest BCUT2D eigenvalue weighted by atomic mass is 79.9. The lowest BCUT2D eigenvalue weighted by atomic mass is 10.1. The number of hydrogen-bond donors (Lipinski definition) is 1. The normalized spacial score (nSPS) is 10.3. The smallest absolute Gasteiger partial charge is 0.176 e. The maximum absolute atomic E-state index is 13.2. The maximum Gasteiger partial charge on any atom is 0.176 e. The molecular formula is C10H11BrFNO. The van der Waals surface area contributed by atoms with Crippen LogP contribution in [0.4, 0.5) is 4.39 Å². The van der Waals surface area contributed by atoms with Gasteiger partial charge in [0.25, 0.3) is 0 Å². The van der Waals surface area contributed by atoms with Crippen molar-refractivity contribution in [3.63, 3.8) is 0 Å².